The Hall–Kier alpha value is -5.50. The van der Waals surface area contributed by atoms with Crippen molar-refractivity contribution in [2.24, 2.45) is 0 Å². The molecule has 0 unspecified atom stereocenters. The quantitative estimate of drug-likeness (QED) is 0.159. The van der Waals surface area contributed by atoms with Crippen molar-refractivity contribution in [3.05, 3.63) is 151 Å². The largest absolute Gasteiger partial charge is 0.208 e. The van der Waals surface area contributed by atoms with Crippen LogP contribution in [0.1, 0.15) is 25.0 Å². The van der Waals surface area contributed by atoms with Crippen LogP contribution in [-0.2, 0) is 5.41 Å². The molecule has 0 amide bonds. The Morgan fingerprint density at radius 3 is 1.40 bits per heavy atom. The highest BCUT2D eigenvalue weighted by Crippen LogP contribution is 2.49. The van der Waals surface area contributed by atoms with Gasteiger partial charge in [0.25, 0.3) is 0 Å². The van der Waals surface area contributed by atoms with Crippen LogP contribution in [0.25, 0.3) is 78.0 Å². The molecule has 1 aromatic heterocycles. The van der Waals surface area contributed by atoms with Crippen LogP contribution in [0.15, 0.2) is 140 Å². The molecule has 8 aromatic rings. The Bertz CT molecular complexity index is 2710. The highest BCUT2D eigenvalue weighted by Gasteiger charge is 2.35. The lowest BCUT2D eigenvalue weighted by atomic mass is 9.81. The first-order valence-corrected chi connectivity index (χ1v) is 26.5. The molecule has 7 aromatic carbocycles. The number of hydrogen-bond donors (Lipinski definition) is 0. The molecule has 0 bridgehead atoms. The number of nitrogens with zero attached hydrogens (tertiary/aromatic N) is 3. The number of aromatic nitrogens is 3. The van der Waals surface area contributed by atoms with Gasteiger partial charge in [0.15, 0.2) is 17.5 Å². The molecule has 0 spiro atoms. The molecule has 0 saturated heterocycles. The third kappa shape index (κ3) is 5.97. The maximum absolute atomic E-state index is 5.34. The van der Waals surface area contributed by atoms with Gasteiger partial charge >= 0.3 is 0 Å². The molecule has 9 rings (SSSR count). The smallest absolute Gasteiger partial charge is 0.164 e. The van der Waals surface area contributed by atoms with Crippen molar-refractivity contribution in [1.29, 1.82) is 0 Å². The van der Waals surface area contributed by atoms with Crippen LogP contribution in [0.4, 0.5) is 0 Å². The number of rotatable bonds is 6. The van der Waals surface area contributed by atoms with Crippen molar-refractivity contribution in [3.8, 4) is 56.4 Å². The first kappa shape index (κ1) is 35.2. The molecule has 5 heteroatoms. The Balaban J connectivity index is 1.25. The average molecular weight is 746 g/mol. The lowest BCUT2D eigenvalue weighted by Crippen LogP contribution is -2.38. The summed E-state index contributed by atoms with van der Waals surface area (Å²) in [5.41, 5.74) is 10.7. The molecule has 1 aliphatic carbocycles. The summed E-state index contributed by atoms with van der Waals surface area (Å²) in [5.74, 6) is 2.06. The van der Waals surface area contributed by atoms with E-state index in [2.05, 4.69) is 193 Å². The second-order valence-electron chi connectivity index (χ2n) is 17.7. The molecule has 0 aliphatic heterocycles. The van der Waals surface area contributed by atoms with E-state index < -0.39 is 16.1 Å². The fourth-order valence-corrected chi connectivity index (χ4v) is 12.0. The topological polar surface area (TPSA) is 38.7 Å². The second kappa shape index (κ2) is 12.8. The molecule has 0 atom stereocenters. The zero-order valence-corrected chi connectivity index (χ0v) is 35.1. The predicted octanol–water partition coefficient (Wildman–Crippen LogP) is 12.2. The summed E-state index contributed by atoms with van der Waals surface area (Å²) in [5, 5.41) is 7.83. The van der Waals surface area contributed by atoms with E-state index in [-0.39, 0.29) is 5.41 Å². The zero-order chi connectivity index (χ0) is 38.3. The van der Waals surface area contributed by atoms with Gasteiger partial charge in [-0.3, -0.25) is 0 Å². The van der Waals surface area contributed by atoms with Crippen LogP contribution < -0.4 is 10.4 Å². The molecule has 0 radical (unpaired) electrons. The van der Waals surface area contributed by atoms with Gasteiger partial charge < -0.3 is 0 Å². The maximum atomic E-state index is 5.34. The Morgan fingerprint density at radius 1 is 0.364 bits per heavy atom. The predicted molar refractivity (Wildman–Crippen MR) is 240 cm³/mol. The summed E-state index contributed by atoms with van der Waals surface area (Å²) in [6.07, 6.45) is 0. The molecular weight excluding hydrogens is 699 g/mol. The third-order valence-corrected chi connectivity index (χ3v) is 15.7. The average Bonchev–Trinajstić information content (AvgIpc) is 3.41. The van der Waals surface area contributed by atoms with E-state index in [1.807, 2.05) is 0 Å². The highest BCUT2D eigenvalue weighted by molar-refractivity contribution is 6.91. The monoisotopic (exact) mass is 745 g/mol. The number of hydrogen-bond acceptors (Lipinski definition) is 3. The minimum Gasteiger partial charge on any atom is -0.208 e. The molecule has 0 saturated carbocycles. The van der Waals surface area contributed by atoms with Crippen molar-refractivity contribution in [1.82, 2.24) is 15.0 Å². The third-order valence-electron chi connectivity index (χ3n) is 11.6. The van der Waals surface area contributed by atoms with Crippen LogP contribution in [0.5, 0.6) is 0 Å². The maximum Gasteiger partial charge on any atom is 0.164 e. The standard InChI is InChI=1S/C50H47N3Si2/c1-50(2)43-23-14-13-20-37(43)38-25-24-33(31-44(38)50)32-16-15-17-34(30-32)47-51-48(41-26-28-45(54(3,4)5)39-21-11-9-18-35(39)41)53-49(52-47)42-27-29-46(55(6,7)8)40-22-12-10-19-36(40)42/h9-31H,1-8H3. The van der Waals surface area contributed by atoms with E-state index in [0.29, 0.717) is 17.5 Å². The van der Waals surface area contributed by atoms with Crippen molar-refractivity contribution in [2.45, 2.75) is 58.5 Å². The Labute approximate surface area is 327 Å². The van der Waals surface area contributed by atoms with Crippen LogP contribution >= 0.6 is 0 Å². The molecule has 1 aliphatic rings. The number of benzene rings is 7. The fourth-order valence-electron chi connectivity index (χ4n) is 8.76. The van der Waals surface area contributed by atoms with Crippen LogP contribution in [0.3, 0.4) is 0 Å². The van der Waals surface area contributed by atoms with Crippen molar-refractivity contribution >= 4 is 48.1 Å². The normalized spacial score (nSPS) is 13.6. The van der Waals surface area contributed by atoms with E-state index in [4.69, 9.17) is 15.0 Å². The lowest BCUT2D eigenvalue weighted by Gasteiger charge is -2.22. The summed E-state index contributed by atoms with van der Waals surface area (Å²) in [6, 6.07) is 51.2. The van der Waals surface area contributed by atoms with E-state index in [9.17, 15) is 0 Å². The first-order chi connectivity index (χ1) is 26.3. The minimum atomic E-state index is -1.62. The van der Waals surface area contributed by atoms with Crippen LogP contribution in [0.2, 0.25) is 39.3 Å². The molecule has 0 fully saturated rings. The summed E-state index contributed by atoms with van der Waals surface area (Å²) < 4.78 is 0. The van der Waals surface area contributed by atoms with Crippen molar-refractivity contribution in [2.75, 3.05) is 0 Å². The van der Waals surface area contributed by atoms with Gasteiger partial charge in [-0.1, -0.05) is 191 Å². The van der Waals surface area contributed by atoms with Gasteiger partial charge in [-0.2, -0.15) is 0 Å². The van der Waals surface area contributed by atoms with Gasteiger partial charge in [0.05, 0.1) is 16.1 Å². The Kier molecular flexibility index (Phi) is 8.19. The molecule has 0 N–H and O–H groups in total. The summed E-state index contributed by atoms with van der Waals surface area (Å²) in [4.78, 5) is 16.0. The van der Waals surface area contributed by atoms with Crippen LogP contribution in [-0.4, -0.2) is 31.1 Å². The van der Waals surface area contributed by atoms with Gasteiger partial charge in [0, 0.05) is 22.1 Å². The molecule has 3 nitrogen and oxygen atoms in total. The summed E-state index contributed by atoms with van der Waals surface area (Å²) >= 11 is 0. The zero-order valence-electron chi connectivity index (χ0n) is 33.1. The summed E-state index contributed by atoms with van der Waals surface area (Å²) in [7, 11) is -3.25. The van der Waals surface area contributed by atoms with E-state index in [1.54, 1.807) is 0 Å². The molecule has 1 heterocycles. The highest BCUT2D eigenvalue weighted by atomic mass is 28.3. The van der Waals surface area contributed by atoms with Gasteiger partial charge in [0.2, 0.25) is 0 Å². The SMILES string of the molecule is CC1(C)c2ccccc2-c2ccc(-c3cccc(-c4nc(-c5ccc([Si](C)(C)C)c6ccccc56)nc(-c5ccc([Si](C)(C)C)c6ccccc56)n4)c3)cc21. The van der Waals surface area contributed by atoms with Gasteiger partial charge in [-0.25, -0.2) is 15.0 Å². The number of fused-ring (bicyclic) bond motifs is 5. The van der Waals surface area contributed by atoms with E-state index in [0.717, 1.165) is 22.3 Å². The van der Waals surface area contributed by atoms with Crippen LogP contribution in [0, 0.1) is 0 Å². The fraction of sp³-hybridized carbons (Fsp3) is 0.180. The van der Waals surface area contributed by atoms with Gasteiger partial charge in [-0.05, 0) is 67.1 Å². The molecule has 270 valence electrons. The molecular formula is C50H47N3Si2. The first-order valence-electron chi connectivity index (χ1n) is 19.5. The Morgan fingerprint density at radius 2 is 0.818 bits per heavy atom. The van der Waals surface area contributed by atoms with Gasteiger partial charge in [-0.15, -0.1) is 0 Å². The van der Waals surface area contributed by atoms with Crippen molar-refractivity contribution in [3.63, 3.8) is 0 Å². The van der Waals surface area contributed by atoms with Gasteiger partial charge in [0.1, 0.15) is 0 Å². The second-order valence-corrected chi connectivity index (χ2v) is 27.8. The minimum absolute atomic E-state index is 0.0703. The lowest BCUT2D eigenvalue weighted by molar-refractivity contribution is 0.660. The van der Waals surface area contributed by atoms with Crippen molar-refractivity contribution < 1.29 is 0 Å². The van der Waals surface area contributed by atoms with E-state index in [1.165, 1.54) is 59.7 Å². The molecule has 55 heavy (non-hydrogen) atoms. The summed E-state index contributed by atoms with van der Waals surface area (Å²) in [6.45, 7) is 19.2. The van der Waals surface area contributed by atoms with E-state index >= 15 is 0 Å².